The van der Waals surface area contributed by atoms with Crippen LogP contribution in [-0.2, 0) is 24.1 Å². The van der Waals surface area contributed by atoms with E-state index in [1.165, 1.54) is 16.2 Å². The standard InChI is InChI=1S/C19H23N3O5S/c1-3-6-22-16(20)15(17(24)21-19(22)26)12(23)9-27-18(25)14-8-11-7-10(2)4-5-13(11)28-14/h8,10H,3-7,9,20H2,1-2H3,(H,21,24,26)/t10-/m0/s1. The maximum atomic E-state index is 12.4. The number of rotatable bonds is 6. The van der Waals surface area contributed by atoms with Gasteiger partial charge in [0.05, 0.1) is 0 Å². The molecule has 1 aliphatic rings. The lowest BCUT2D eigenvalue weighted by Crippen LogP contribution is -2.37. The lowest BCUT2D eigenvalue weighted by Gasteiger charge is -2.16. The number of hydrogen-bond acceptors (Lipinski definition) is 7. The summed E-state index contributed by atoms with van der Waals surface area (Å²) in [4.78, 5) is 52.3. The number of Topliss-reactive ketones (excluding diaryl/α,β-unsaturated/α-hetero) is 1. The molecule has 2 heterocycles. The highest BCUT2D eigenvalue weighted by Crippen LogP contribution is 2.32. The van der Waals surface area contributed by atoms with Gasteiger partial charge in [0.1, 0.15) is 16.3 Å². The second-order valence-corrected chi connectivity index (χ2v) is 8.21. The van der Waals surface area contributed by atoms with Crippen molar-refractivity contribution in [1.29, 1.82) is 0 Å². The molecule has 1 aliphatic carbocycles. The predicted molar refractivity (Wildman–Crippen MR) is 106 cm³/mol. The van der Waals surface area contributed by atoms with E-state index in [1.54, 1.807) is 0 Å². The first-order chi connectivity index (χ1) is 13.3. The van der Waals surface area contributed by atoms with Crippen LogP contribution in [-0.4, -0.2) is 27.9 Å². The Morgan fingerprint density at radius 1 is 1.39 bits per heavy atom. The number of nitrogens with two attached hydrogens (primary N) is 1. The van der Waals surface area contributed by atoms with Crippen molar-refractivity contribution in [2.24, 2.45) is 5.92 Å². The average Bonchev–Trinajstić information content (AvgIpc) is 3.06. The SMILES string of the molecule is CCCn1c(N)c(C(=O)COC(=O)c2cc3c(s2)CC[C@H](C)C3)c(=O)[nH]c1=O. The normalized spacial score (nSPS) is 15.9. The van der Waals surface area contributed by atoms with Crippen molar-refractivity contribution in [3.05, 3.63) is 47.8 Å². The molecule has 0 bridgehead atoms. The Hall–Kier alpha value is -2.68. The van der Waals surface area contributed by atoms with Crippen LogP contribution in [0.25, 0.3) is 0 Å². The van der Waals surface area contributed by atoms with Crippen molar-refractivity contribution in [2.75, 3.05) is 12.3 Å². The van der Waals surface area contributed by atoms with Gasteiger partial charge in [0.15, 0.2) is 6.61 Å². The monoisotopic (exact) mass is 405 g/mol. The molecule has 0 saturated heterocycles. The van der Waals surface area contributed by atoms with Gasteiger partial charge in [0.2, 0.25) is 5.78 Å². The number of aromatic amines is 1. The largest absolute Gasteiger partial charge is 0.453 e. The van der Waals surface area contributed by atoms with Crippen LogP contribution < -0.4 is 17.0 Å². The number of carbonyl (C=O) groups is 2. The molecule has 0 saturated carbocycles. The van der Waals surface area contributed by atoms with Crippen molar-refractivity contribution in [3.63, 3.8) is 0 Å². The zero-order chi connectivity index (χ0) is 20.4. The van der Waals surface area contributed by atoms with Gasteiger partial charge < -0.3 is 10.5 Å². The van der Waals surface area contributed by atoms with E-state index in [4.69, 9.17) is 10.5 Å². The van der Waals surface area contributed by atoms with Crippen molar-refractivity contribution in [1.82, 2.24) is 9.55 Å². The zero-order valence-corrected chi connectivity index (χ0v) is 16.7. The maximum Gasteiger partial charge on any atom is 0.348 e. The van der Waals surface area contributed by atoms with E-state index in [9.17, 15) is 19.2 Å². The van der Waals surface area contributed by atoms with Crippen molar-refractivity contribution >= 4 is 28.9 Å². The molecule has 0 spiro atoms. The second-order valence-electron chi connectivity index (χ2n) is 7.08. The fourth-order valence-corrected chi connectivity index (χ4v) is 4.49. The Morgan fingerprint density at radius 2 is 2.14 bits per heavy atom. The molecule has 3 N–H and O–H groups in total. The summed E-state index contributed by atoms with van der Waals surface area (Å²) in [6, 6.07) is 1.82. The highest BCUT2D eigenvalue weighted by molar-refractivity contribution is 7.14. The van der Waals surface area contributed by atoms with Gasteiger partial charge in [-0.25, -0.2) is 9.59 Å². The number of aryl methyl sites for hydroxylation is 1. The van der Waals surface area contributed by atoms with Crippen LogP contribution in [0.4, 0.5) is 5.82 Å². The summed E-state index contributed by atoms with van der Waals surface area (Å²) < 4.78 is 6.25. The number of aromatic nitrogens is 2. The van der Waals surface area contributed by atoms with Crippen LogP contribution >= 0.6 is 11.3 Å². The molecule has 150 valence electrons. The van der Waals surface area contributed by atoms with Gasteiger partial charge in [-0.15, -0.1) is 11.3 Å². The second kappa shape index (κ2) is 8.14. The van der Waals surface area contributed by atoms with Crippen LogP contribution in [0.2, 0.25) is 0 Å². The van der Waals surface area contributed by atoms with E-state index in [1.807, 2.05) is 13.0 Å². The molecule has 3 rings (SSSR count). The number of nitrogen functional groups attached to an aromatic ring is 1. The number of H-pyrrole nitrogens is 1. The average molecular weight is 405 g/mol. The van der Waals surface area contributed by atoms with E-state index in [-0.39, 0.29) is 17.9 Å². The number of hydrogen-bond donors (Lipinski definition) is 2. The minimum atomic E-state index is -0.878. The smallest absolute Gasteiger partial charge is 0.348 e. The topological polar surface area (TPSA) is 124 Å². The summed E-state index contributed by atoms with van der Waals surface area (Å²) in [6.45, 7) is 3.66. The summed E-state index contributed by atoms with van der Waals surface area (Å²) in [6.07, 6.45) is 3.57. The Bertz CT molecular complexity index is 1030. The first-order valence-electron chi connectivity index (χ1n) is 9.26. The predicted octanol–water partition coefficient (Wildman–Crippen LogP) is 1.75. The minimum absolute atomic E-state index is 0.211. The summed E-state index contributed by atoms with van der Waals surface area (Å²) in [7, 11) is 0. The van der Waals surface area contributed by atoms with Crippen LogP contribution in [0.5, 0.6) is 0 Å². The Kier molecular flexibility index (Phi) is 5.83. The van der Waals surface area contributed by atoms with Crippen LogP contribution in [0.3, 0.4) is 0 Å². The molecular formula is C19H23N3O5S. The van der Waals surface area contributed by atoms with E-state index in [0.29, 0.717) is 17.2 Å². The molecule has 1 atom stereocenters. The first-order valence-corrected chi connectivity index (χ1v) is 10.1. The highest BCUT2D eigenvalue weighted by atomic mass is 32.1. The molecule has 0 amide bonds. The molecule has 0 fully saturated rings. The molecule has 0 unspecified atom stereocenters. The van der Waals surface area contributed by atoms with Crippen molar-refractivity contribution in [2.45, 2.75) is 46.1 Å². The maximum absolute atomic E-state index is 12.4. The summed E-state index contributed by atoms with van der Waals surface area (Å²) >= 11 is 1.39. The number of ketones is 1. The van der Waals surface area contributed by atoms with Gasteiger partial charge in [-0.2, -0.15) is 0 Å². The minimum Gasteiger partial charge on any atom is -0.453 e. The van der Waals surface area contributed by atoms with Gasteiger partial charge in [0.25, 0.3) is 5.56 Å². The fourth-order valence-electron chi connectivity index (χ4n) is 3.38. The lowest BCUT2D eigenvalue weighted by atomic mass is 9.90. The molecule has 9 heteroatoms. The Labute approximate surface area is 165 Å². The van der Waals surface area contributed by atoms with E-state index >= 15 is 0 Å². The van der Waals surface area contributed by atoms with E-state index < -0.39 is 29.6 Å². The van der Waals surface area contributed by atoms with Gasteiger partial charge in [0, 0.05) is 11.4 Å². The van der Waals surface area contributed by atoms with Gasteiger partial charge in [-0.1, -0.05) is 13.8 Å². The number of ether oxygens (including phenoxy) is 1. The Morgan fingerprint density at radius 3 is 2.86 bits per heavy atom. The van der Waals surface area contributed by atoms with E-state index in [0.717, 1.165) is 29.4 Å². The number of esters is 1. The third-order valence-electron chi connectivity index (χ3n) is 4.83. The highest BCUT2D eigenvalue weighted by Gasteiger charge is 2.24. The zero-order valence-electron chi connectivity index (χ0n) is 15.9. The third-order valence-corrected chi connectivity index (χ3v) is 6.05. The van der Waals surface area contributed by atoms with Gasteiger partial charge in [-0.3, -0.25) is 19.1 Å². The number of thiophene rings is 1. The molecular weight excluding hydrogens is 382 g/mol. The molecule has 0 radical (unpaired) electrons. The summed E-state index contributed by atoms with van der Waals surface area (Å²) in [5.41, 5.74) is 5.10. The Balaban J connectivity index is 1.74. The van der Waals surface area contributed by atoms with Gasteiger partial charge in [-0.05, 0) is 43.2 Å². The number of nitrogens with one attached hydrogen (secondary N) is 1. The summed E-state index contributed by atoms with van der Waals surface area (Å²) in [5.74, 6) is -0.970. The van der Waals surface area contributed by atoms with E-state index in [2.05, 4.69) is 11.9 Å². The van der Waals surface area contributed by atoms with Crippen LogP contribution in [0.1, 0.15) is 57.2 Å². The quantitative estimate of drug-likeness (QED) is 0.557. The molecule has 0 aromatic carbocycles. The molecule has 2 aromatic rings. The molecule has 8 nitrogen and oxygen atoms in total. The van der Waals surface area contributed by atoms with Crippen molar-refractivity contribution in [3.8, 4) is 0 Å². The summed E-state index contributed by atoms with van der Waals surface area (Å²) in [5, 5.41) is 0. The molecule has 0 aliphatic heterocycles. The first kappa shape index (κ1) is 20.1. The number of fused-ring (bicyclic) bond motifs is 1. The number of nitrogens with zero attached hydrogens (tertiary/aromatic N) is 1. The van der Waals surface area contributed by atoms with Crippen LogP contribution in [0, 0.1) is 5.92 Å². The van der Waals surface area contributed by atoms with Gasteiger partial charge >= 0.3 is 11.7 Å². The molecule has 2 aromatic heterocycles. The third kappa shape index (κ3) is 3.94. The fraction of sp³-hybridized carbons (Fsp3) is 0.474. The lowest BCUT2D eigenvalue weighted by molar-refractivity contribution is 0.0479. The number of anilines is 1. The number of carbonyl (C=O) groups excluding carboxylic acids is 2. The van der Waals surface area contributed by atoms with Crippen molar-refractivity contribution < 1.29 is 14.3 Å². The van der Waals surface area contributed by atoms with Crippen LogP contribution in [0.15, 0.2) is 15.7 Å². The molecule has 28 heavy (non-hydrogen) atoms.